The number of benzene rings is 1. The van der Waals surface area contributed by atoms with Gasteiger partial charge < -0.3 is 14.6 Å². The van der Waals surface area contributed by atoms with Gasteiger partial charge in [0, 0.05) is 17.8 Å². The highest BCUT2D eigenvalue weighted by molar-refractivity contribution is 7.99. The zero-order valence-electron chi connectivity index (χ0n) is 18.2. The van der Waals surface area contributed by atoms with E-state index >= 15 is 0 Å². The molecule has 2 heterocycles. The zero-order valence-corrected chi connectivity index (χ0v) is 19.9. The van der Waals surface area contributed by atoms with Gasteiger partial charge in [0.15, 0.2) is 5.16 Å². The van der Waals surface area contributed by atoms with E-state index in [1.54, 1.807) is 6.92 Å². The van der Waals surface area contributed by atoms with Crippen molar-refractivity contribution in [1.29, 1.82) is 0 Å². The van der Waals surface area contributed by atoms with Crippen molar-refractivity contribution >= 4 is 40.0 Å². The number of fused-ring (bicyclic) bond motifs is 1. The van der Waals surface area contributed by atoms with Gasteiger partial charge in [-0.25, -0.2) is 4.79 Å². The number of anilines is 1. The van der Waals surface area contributed by atoms with Crippen molar-refractivity contribution in [2.45, 2.75) is 51.2 Å². The van der Waals surface area contributed by atoms with Gasteiger partial charge in [0.25, 0.3) is 0 Å². The van der Waals surface area contributed by atoms with Crippen molar-refractivity contribution in [3.05, 3.63) is 57.7 Å². The molecule has 7 nitrogen and oxygen atoms in total. The second-order valence-electron chi connectivity index (χ2n) is 7.42. The third-order valence-corrected chi connectivity index (χ3v) is 7.47. The number of thioether (sulfide) groups is 1. The predicted molar refractivity (Wildman–Crippen MR) is 127 cm³/mol. The van der Waals surface area contributed by atoms with Gasteiger partial charge in [0.2, 0.25) is 5.91 Å². The average Bonchev–Trinajstić information content (AvgIpc) is 3.47. The molecule has 1 aliphatic rings. The maximum absolute atomic E-state index is 12.7. The van der Waals surface area contributed by atoms with E-state index in [2.05, 4.69) is 27.6 Å². The number of nitrogens with one attached hydrogen (secondary N) is 1. The molecule has 9 heteroatoms. The minimum absolute atomic E-state index is 0.171. The van der Waals surface area contributed by atoms with Gasteiger partial charge in [-0.05, 0) is 44.2 Å². The van der Waals surface area contributed by atoms with Crippen molar-refractivity contribution in [3.63, 3.8) is 0 Å². The summed E-state index contributed by atoms with van der Waals surface area (Å²) in [6.07, 6.45) is 3.53. The fourth-order valence-corrected chi connectivity index (χ4v) is 5.97. The van der Waals surface area contributed by atoms with E-state index in [1.165, 1.54) is 33.5 Å². The number of esters is 1. The number of hydrogen-bond donors (Lipinski definition) is 1. The summed E-state index contributed by atoms with van der Waals surface area (Å²) in [4.78, 5) is 26.4. The highest BCUT2D eigenvalue weighted by Crippen LogP contribution is 2.39. The van der Waals surface area contributed by atoms with Crippen LogP contribution in [0, 0.1) is 0 Å². The van der Waals surface area contributed by atoms with Gasteiger partial charge in [0.1, 0.15) is 10.8 Å². The number of amides is 1. The van der Waals surface area contributed by atoms with Crippen LogP contribution in [0.4, 0.5) is 5.00 Å². The largest absolute Gasteiger partial charge is 0.462 e. The van der Waals surface area contributed by atoms with E-state index in [0.29, 0.717) is 28.7 Å². The molecule has 3 aromatic rings. The van der Waals surface area contributed by atoms with Crippen LogP contribution in [0.2, 0.25) is 0 Å². The van der Waals surface area contributed by atoms with Crippen LogP contribution in [0.15, 0.2) is 35.5 Å². The minimum Gasteiger partial charge on any atom is -0.462 e. The normalized spacial score (nSPS) is 12.6. The first-order chi connectivity index (χ1) is 15.6. The third kappa shape index (κ3) is 4.88. The lowest BCUT2D eigenvalue weighted by molar-refractivity contribution is -0.113. The fourth-order valence-electron chi connectivity index (χ4n) is 3.86. The van der Waals surface area contributed by atoms with Gasteiger partial charge in [-0.15, -0.1) is 21.5 Å². The van der Waals surface area contributed by atoms with Crippen LogP contribution in [0.25, 0.3) is 0 Å². The molecule has 1 N–H and O–H groups in total. The second kappa shape index (κ2) is 10.3. The summed E-state index contributed by atoms with van der Waals surface area (Å²) >= 11 is 2.84. The molecule has 0 radical (unpaired) electrons. The van der Waals surface area contributed by atoms with Gasteiger partial charge in [0.05, 0.1) is 17.9 Å². The van der Waals surface area contributed by atoms with Crippen LogP contribution in [0.1, 0.15) is 52.5 Å². The van der Waals surface area contributed by atoms with E-state index < -0.39 is 0 Å². The highest BCUT2D eigenvalue weighted by atomic mass is 32.2. The number of carbonyl (C=O) groups excluding carboxylic acids is 2. The van der Waals surface area contributed by atoms with Crippen LogP contribution in [0.5, 0.6) is 0 Å². The van der Waals surface area contributed by atoms with Gasteiger partial charge in [-0.2, -0.15) is 0 Å². The summed E-state index contributed by atoms with van der Waals surface area (Å²) in [6.45, 7) is 4.87. The van der Waals surface area contributed by atoms with Gasteiger partial charge >= 0.3 is 5.97 Å². The zero-order chi connectivity index (χ0) is 22.5. The smallest absolute Gasteiger partial charge is 0.341 e. The number of carbonyl (C=O) groups is 2. The molecule has 168 valence electrons. The molecule has 0 bridgehead atoms. The first-order valence-corrected chi connectivity index (χ1v) is 12.6. The fraction of sp³-hybridized carbons (Fsp3) is 0.391. The van der Waals surface area contributed by atoms with Crippen LogP contribution in [0.3, 0.4) is 0 Å². The summed E-state index contributed by atoms with van der Waals surface area (Å²) in [5.74, 6) is 0.539. The lowest BCUT2D eigenvalue weighted by atomic mass is 10.1. The number of aromatic nitrogens is 3. The average molecular weight is 471 g/mol. The Bertz CT molecular complexity index is 1110. The molecule has 0 atom stereocenters. The summed E-state index contributed by atoms with van der Waals surface area (Å²) in [7, 11) is 0. The van der Waals surface area contributed by atoms with Crippen LogP contribution in [-0.4, -0.2) is 39.0 Å². The molecule has 1 aromatic carbocycles. The number of hydrogen-bond acceptors (Lipinski definition) is 7. The van der Waals surface area contributed by atoms with Crippen LogP contribution < -0.4 is 5.32 Å². The van der Waals surface area contributed by atoms with E-state index in [-0.39, 0.29) is 17.6 Å². The summed E-state index contributed by atoms with van der Waals surface area (Å²) in [5.41, 5.74) is 2.73. The minimum atomic E-state index is -0.355. The number of ether oxygens (including phenoxy) is 1. The maximum atomic E-state index is 12.7. The highest BCUT2D eigenvalue weighted by Gasteiger charge is 2.28. The Morgan fingerprint density at radius 1 is 1.19 bits per heavy atom. The first-order valence-electron chi connectivity index (χ1n) is 10.8. The Balaban J connectivity index is 1.42. The van der Waals surface area contributed by atoms with Crippen molar-refractivity contribution in [1.82, 2.24) is 14.8 Å². The van der Waals surface area contributed by atoms with E-state index in [9.17, 15) is 9.59 Å². The topological polar surface area (TPSA) is 86.1 Å². The van der Waals surface area contributed by atoms with Crippen LogP contribution >= 0.6 is 23.1 Å². The third-order valence-electron chi connectivity index (χ3n) is 5.30. The van der Waals surface area contributed by atoms with Crippen molar-refractivity contribution < 1.29 is 14.3 Å². The SMILES string of the molecule is CCOC(=O)c1c(NC(=O)CSc2nnc(Cc3ccccc3)n2CC)sc2c1CCC2. The monoisotopic (exact) mass is 470 g/mol. The van der Waals surface area contributed by atoms with E-state index in [1.807, 2.05) is 29.7 Å². The predicted octanol–water partition coefficient (Wildman–Crippen LogP) is 4.35. The number of nitrogens with zero attached hydrogens (tertiary/aromatic N) is 3. The molecule has 0 fully saturated rings. The van der Waals surface area contributed by atoms with E-state index in [4.69, 9.17) is 4.74 Å². The Morgan fingerprint density at radius 2 is 2.00 bits per heavy atom. The molecule has 0 spiro atoms. The Labute approximate surface area is 195 Å². The number of aryl methyl sites for hydroxylation is 1. The Kier molecular flexibility index (Phi) is 7.26. The molecular weight excluding hydrogens is 444 g/mol. The molecule has 4 rings (SSSR count). The Hall–Kier alpha value is -2.65. The van der Waals surface area contributed by atoms with Crippen LogP contribution in [-0.2, 0) is 35.3 Å². The van der Waals surface area contributed by atoms with Crippen molar-refractivity contribution in [2.24, 2.45) is 0 Å². The number of rotatable bonds is 9. The molecule has 0 unspecified atom stereocenters. The maximum Gasteiger partial charge on any atom is 0.341 e. The van der Waals surface area contributed by atoms with Gasteiger partial charge in [-0.3, -0.25) is 4.79 Å². The standard InChI is InChI=1S/C23H26N4O3S2/c1-3-27-18(13-15-9-6-5-7-10-15)25-26-23(27)31-14-19(28)24-21-20(22(29)30-4-2)16-11-8-12-17(16)32-21/h5-7,9-10H,3-4,8,11-14H2,1-2H3,(H,24,28). The van der Waals surface area contributed by atoms with Gasteiger partial charge in [-0.1, -0.05) is 42.1 Å². The Morgan fingerprint density at radius 3 is 2.75 bits per heavy atom. The molecule has 1 aliphatic carbocycles. The quantitative estimate of drug-likeness (QED) is 0.370. The summed E-state index contributed by atoms with van der Waals surface area (Å²) < 4.78 is 7.27. The first kappa shape index (κ1) is 22.5. The molecule has 2 aromatic heterocycles. The summed E-state index contributed by atoms with van der Waals surface area (Å²) in [5, 5.41) is 12.9. The molecular formula is C23H26N4O3S2. The van der Waals surface area contributed by atoms with Crippen molar-refractivity contribution in [2.75, 3.05) is 17.7 Å². The lowest BCUT2D eigenvalue weighted by Crippen LogP contribution is -2.17. The second-order valence-corrected chi connectivity index (χ2v) is 9.47. The molecule has 0 saturated heterocycles. The van der Waals surface area contributed by atoms with Crippen molar-refractivity contribution in [3.8, 4) is 0 Å². The van der Waals surface area contributed by atoms with E-state index in [0.717, 1.165) is 37.2 Å². The summed E-state index contributed by atoms with van der Waals surface area (Å²) in [6, 6.07) is 10.1. The molecule has 32 heavy (non-hydrogen) atoms. The number of thiophene rings is 1. The molecule has 0 saturated carbocycles. The molecule has 1 amide bonds. The lowest BCUT2D eigenvalue weighted by Gasteiger charge is -2.09. The molecule has 0 aliphatic heterocycles.